The molecule has 2 N–H and O–H groups in total. The third-order valence-electron chi connectivity index (χ3n) is 4.99. The van der Waals surface area contributed by atoms with Gasteiger partial charge in [0.05, 0.1) is 17.6 Å². The zero-order chi connectivity index (χ0) is 19.5. The number of benzene rings is 1. The molecule has 1 heterocycles. The number of anilines is 1. The molecule has 1 atom stereocenters. The summed E-state index contributed by atoms with van der Waals surface area (Å²) in [6, 6.07) is 6.13. The highest BCUT2D eigenvalue weighted by Crippen LogP contribution is 2.37. The van der Waals surface area contributed by atoms with Gasteiger partial charge in [-0.25, -0.2) is 13.1 Å². The number of sulfonamides is 1. The van der Waals surface area contributed by atoms with Crippen LogP contribution in [0.3, 0.4) is 0 Å². The number of nitrogens with one attached hydrogen (secondary N) is 2. The van der Waals surface area contributed by atoms with E-state index in [0.29, 0.717) is 12.3 Å². The summed E-state index contributed by atoms with van der Waals surface area (Å²) in [5, 5.41) is 2.74. The average Bonchev–Trinajstić information content (AvgIpc) is 3.03. The molecule has 1 aliphatic heterocycles. The molecule has 0 bridgehead atoms. The number of hydrogen-bond donors (Lipinski definition) is 2. The highest BCUT2D eigenvalue weighted by Gasteiger charge is 2.42. The third-order valence-corrected chi connectivity index (χ3v) is 6.43. The minimum absolute atomic E-state index is 0.112. The summed E-state index contributed by atoms with van der Waals surface area (Å²) in [5.41, 5.74) is 0.569. The van der Waals surface area contributed by atoms with Crippen LogP contribution in [0, 0.1) is 5.92 Å². The molecule has 2 aliphatic rings. The van der Waals surface area contributed by atoms with E-state index in [4.69, 9.17) is 9.47 Å². The van der Waals surface area contributed by atoms with Crippen molar-refractivity contribution in [1.82, 2.24) is 4.72 Å². The molecule has 3 rings (SSSR count). The molecule has 1 aromatic rings. The largest absolute Gasteiger partial charge is 0.347 e. The van der Waals surface area contributed by atoms with E-state index in [1.165, 1.54) is 18.6 Å². The van der Waals surface area contributed by atoms with Crippen molar-refractivity contribution in [2.45, 2.75) is 62.7 Å². The highest BCUT2D eigenvalue weighted by atomic mass is 32.2. The molecule has 2 fully saturated rings. The van der Waals surface area contributed by atoms with Gasteiger partial charge in [0.25, 0.3) is 0 Å². The molecule has 1 saturated heterocycles. The Kier molecular flexibility index (Phi) is 6.20. The predicted molar refractivity (Wildman–Crippen MR) is 102 cm³/mol. The fourth-order valence-corrected chi connectivity index (χ4v) is 4.43. The lowest BCUT2D eigenvalue weighted by Crippen LogP contribution is -2.37. The third kappa shape index (κ3) is 5.07. The first-order valence-corrected chi connectivity index (χ1v) is 11.0. The van der Waals surface area contributed by atoms with Crippen molar-refractivity contribution >= 4 is 21.6 Å². The maximum atomic E-state index is 12.5. The van der Waals surface area contributed by atoms with Crippen LogP contribution in [0.2, 0.25) is 0 Å². The lowest BCUT2D eigenvalue weighted by atomic mass is 9.94. The molecule has 1 aliphatic carbocycles. The number of carbonyl (C=O) groups excluding carboxylic acids is 1. The van der Waals surface area contributed by atoms with Gasteiger partial charge in [0, 0.05) is 31.0 Å². The Morgan fingerprint density at radius 1 is 1.19 bits per heavy atom. The van der Waals surface area contributed by atoms with Crippen molar-refractivity contribution in [3.8, 4) is 0 Å². The van der Waals surface area contributed by atoms with Crippen LogP contribution in [-0.4, -0.2) is 39.4 Å². The monoisotopic (exact) mass is 396 g/mol. The Bertz CT molecular complexity index is 755. The van der Waals surface area contributed by atoms with Crippen molar-refractivity contribution in [3.05, 3.63) is 24.3 Å². The molecule has 8 heteroatoms. The molecule has 1 spiro atoms. The van der Waals surface area contributed by atoms with Crippen LogP contribution in [0.1, 0.15) is 46.0 Å². The second-order valence-corrected chi connectivity index (χ2v) is 9.31. The minimum atomic E-state index is -3.65. The van der Waals surface area contributed by atoms with Gasteiger partial charge in [-0.3, -0.25) is 4.79 Å². The van der Waals surface area contributed by atoms with E-state index in [1.54, 1.807) is 26.0 Å². The quantitative estimate of drug-likeness (QED) is 0.771. The predicted octanol–water partition coefficient (Wildman–Crippen LogP) is 2.64. The molecule has 0 radical (unpaired) electrons. The summed E-state index contributed by atoms with van der Waals surface area (Å²) in [6.07, 6.45) is 4.83. The Morgan fingerprint density at radius 2 is 1.85 bits per heavy atom. The first-order valence-electron chi connectivity index (χ1n) is 9.52. The smallest absolute Gasteiger partial charge is 0.240 e. The lowest BCUT2D eigenvalue weighted by molar-refractivity contribution is -0.186. The molecular weight excluding hydrogens is 368 g/mol. The molecule has 7 nitrogen and oxygen atoms in total. The SMILES string of the molecule is CC(C)C(=O)Nc1ccc(S(=O)(=O)NC[C@@H]2COC3(CCCCC3)O2)cc1. The van der Waals surface area contributed by atoms with E-state index in [1.807, 2.05) is 0 Å². The maximum Gasteiger partial charge on any atom is 0.240 e. The Morgan fingerprint density at radius 3 is 2.48 bits per heavy atom. The Labute approximate surface area is 160 Å². The van der Waals surface area contributed by atoms with E-state index in [0.717, 1.165) is 25.7 Å². The minimum Gasteiger partial charge on any atom is -0.347 e. The molecule has 1 amide bonds. The van der Waals surface area contributed by atoms with E-state index in [-0.39, 0.29) is 29.4 Å². The molecule has 0 aromatic heterocycles. The topological polar surface area (TPSA) is 93.7 Å². The van der Waals surface area contributed by atoms with Crippen LogP contribution in [0.25, 0.3) is 0 Å². The van der Waals surface area contributed by atoms with Gasteiger partial charge in [-0.2, -0.15) is 0 Å². The van der Waals surface area contributed by atoms with Crippen LogP contribution >= 0.6 is 0 Å². The fourth-order valence-electron chi connectivity index (χ4n) is 3.36. The fraction of sp³-hybridized carbons (Fsp3) is 0.632. The van der Waals surface area contributed by atoms with Crippen molar-refractivity contribution in [2.24, 2.45) is 5.92 Å². The average molecular weight is 397 g/mol. The first kappa shape index (κ1) is 20.3. The number of carbonyl (C=O) groups is 1. The maximum absolute atomic E-state index is 12.5. The van der Waals surface area contributed by atoms with E-state index < -0.39 is 15.8 Å². The van der Waals surface area contributed by atoms with Gasteiger partial charge in [-0.1, -0.05) is 20.3 Å². The summed E-state index contributed by atoms with van der Waals surface area (Å²) in [6.45, 7) is 4.17. The van der Waals surface area contributed by atoms with Crippen molar-refractivity contribution < 1.29 is 22.7 Å². The molecular formula is C19H28N2O5S. The Hall–Kier alpha value is -1.48. The van der Waals surface area contributed by atoms with Gasteiger partial charge < -0.3 is 14.8 Å². The molecule has 150 valence electrons. The summed E-state index contributed by atoms with van der Waals surface area (Å²) < 4.78 is 39.5. The zero-order valence-corrected chi connectivity index (χ0v) is 16.7. The van der Waals surface area contributed by atoms with Crippen molar-refractivity contribution in [1.29, 1.82) is 0 Å². The molecule has 1 saturated carbocycles. The number of ether oxygens (including phenoxy) is 2. The first-order chi connectivity index (χ1) is 12.8. The molecule has 1 aromatic carbocycles. The van der Waals surface area contributed by atoms with Gasteiger partial charge in [0.15, 0.2) is 5.79 Å². The van der Waals surface area contributed by atoms with Gasteiger partial charge in [-0.05, 0) is 37.1 Å². The number of amides is 1. The summed E-state index contributed by atoms with van der Waals surface area (Å²) >= 11 is 0. The van der Waals surface area contributed by atoms with Crippen LogP contribution in [0.5, 0.6) is 0 Å². The molecule has 27 heavy (non-hydrogen) atoms. The van der Waals surface area contributed by atoms with Gasteiger partial charge in [0.2, 0.25) is 15.9 Å². The van der Waals surface area contributed by atoms with Gasteiger partial charge in [0.1, 0.15) is 0 Å². The van der Waals surface area contributed by atoms with Gasteiger partial charge >= 0.3 is 0 Å². The lowest BCUT2D eigenvalue weighted by Gasteiger charge is -2.31. The Balaban J connectivity index is 1.55. The second-order valence-electron chi connectivity index (χ2n) is 7.54. The standard InChI is InChI=1S/C19H28N2O5S/c1-14(2)18(22)21-15-6-8-17(9-7-15)27(23,24)20-12-16-13-25-19(26-16)10-4-3-5-11-19/h6-9,14,16,20H,3-5,10-13H2,1-2H3,(H,21,22)/t16-/m1/s1. The summed E-state index contributed by atoms with van der Waals surface area (Å²) in [7, 11) is -3.65. The summed E-state index contributed by atoms with van der Waals surface area (Å²) in [4.78, 5) is 11.9. The van der Waals surface area contributed by atoms with Crippen LogP contribution in [0.4, 0.5) is 5.69 Å². The van der Waals surface area contributed by atoms with Gasteiger partial charge in [-0.15, -0.1) is 0 Å². The van der Waals surface area contributed by atoms with Crippen LogP contribution in [0.15, 0.2) is 29.2 Å². The number of rotatable bonds is 6. The number of hydrogen-bond acceptors (Lipinski definition) is 5. The van der Waals surface area contributed by atoms with Crippen LogP contribution < -0.4 is 10.0 Å². The van der Waals surface area contributed by atoms with Crippen molar-refractivity contribution in [3.63, 3.8) is 0 Å². The van der Waals surface area contributed by atoms with Crippen molar-refractivity contribution in [2.75, 3.05) is 18.5 Å². The van der Waals surface area contributed by atoms with Crippen LogP contribution in [-0.2, 0) is 24.3 Å². The second kappa shape index (κ2) is 8.26. The molecule has 0 unspecified atom stereocenters. The van der Waals surface area contributed by atoms with E-state index in [9.17, 15) is 13.2 Å². The summed E-state index contributed by atoms with van der Waals surface area (Å²) in [5.74, 6) is -0.764. The normalized spacial score (nSPS) is 22.3. The van der Waals surface area contributed by atoms with E-state index >= 15 is 0 Å². The zero-order valence-electron chi connectivity index (χ0n) is 15.9. The highest BCUT2D eigenvalue weighted by molar-refractivity contribution is 7.89. The van der Waals surface area contributed by atoms with E-state index in [2.05, 4.69) is 10.0 Å².